The lowest BCUT2D eigenvalue weighted by Gasteiger charge is -2.28. The number of carbonyl (C=O) groups excluding carboxylic acids is 5. The van der Waals surface area contributed by atoms with Gasteiger partial charge in [-0.3, -0.25) is 24.5 Å². The van der Waals surface area contributed by atoms with Crippen molar-refractivity contribution in [2.75, 3.05) is 10.2 Å². The molecule has 0 radical (unpaired) electrons. The highest BCUT2D eigenvalue weighted by molar-refractivity contribution is 6.32. The summed E-state index contributed by atoms with van der Waals surface area (Å²) in [6.45, 7) is 7.17. The number of carbonyl (C=O) groups is 5. The van der Waals surface area contributed by atoms with Gasteiger partial charge in [0.15, 0.2) is 5.92 Å². The summed E-state index contributed by atoms with van der Waals surface area (Å²) in [6.07, 6.45) is 0.975. The fraction of sp³-hybridized carbons (Fsp3) is 0.250. The molecule has 1 fully saturated rings. The van der Waals surface area contributed by atoms with Crippen molar-refractivity contribution in [3.05, 3.63) is 59.7 Å². The molecule has 0 spiro atoms. The van der Waals surface area contributed by atoms with Gasteiger partial charge in [-0.1, -0.05) is 32.9 Å². The minimum atomic E-state index is -1.39. The average molecular weight is 463 g/mol. The van der Waals surface area contributed by atoms with Crippen LogP contribution in [0.2, 0.25) is 0 Å². The topological polar surface area (TPSA) is 137 Å². The Morgan fingerprint density at radius 1 is 1.06 bits per heavy atom. The van der Waals surface area contributed by atoms with E-state index in [1.807, 2.05) is 0 Å². The number of aryl methyl sites for hydroxylation is 1. The zero-order valence-corrected chi connectivity index (χ0v) is 19.2. The molecule has 1 aliphatic rings. The molecule has 2 aromatic carbocycles. The summed E-state index contributed by atoms with van der Waals surface area (Å²) in [6, 6.07) is 12.0. The number of anilines is 2. The normalized spacial score (nSPS) is 16.4. The van der Waals surface area contributed by atoms with Crippen molar-refractivity contribution in [1.82, 2.24) is 10.7 Å². The highest BCUT2D eigenvalue weighted by atomic mass is 16.2. The highest BCUT2D eigenvalue weighted by Crippen LogP contribution is 2.21. The lowest BCUT2D eigenvalue weighted by molar-refractivity contribution is -0.131. The van der Waals surface area contributed by atoms with Crippen LogP contribution in [0.1, 0.15) is 36.7 Å². The number of benzene rings is 2. The Morgan fingerprint density at radius 3 is 2.35 bits per heavy atom. The molecule has 3 N–H and O–H groups in total. The molecule has 10 heteroatoms. The number of amides is 6. The largest absolute Gasteiger partial charge is 0.335 e. The van der Waals surface area contributed by atoms with Crippen LogP contribution in [0.25, 0.3) is 0 Å². The first kappa shape index (κ1) is 24.3. The van der Waals surface area contributed by atoms with Gasteiger partial charge < -0.3 is 5.32 Å². The predicted molar refractivity (Wildman–Crippen MR) is 126 cm³/mol. The molecule has 0 aromatic heterocycles. The molecule has 1 saturated heterocycles. The zero-order valence-electron chi connectivity index (χ0n) is 19.2. The summed E-state index contributed by atoms with van der Waals surface area (Å²) in [5, 5.41) is 8.60. The maximum Gasteiger partial charge on any atom is 0.335 e. The van der Waals surface area contributed by atoms with Crippen molar-refractivity contribution < 1.29 is 24.0 Å². The van der Waals surface area contributed by atoms with E-state index >= 15 is 0 Å². The van der Waals surface area contributed by atoms with E-state index in [0.717, 1.165) is 16.7 Å². The second-order valence-corrected chi connectivity index (χ2v) is 8.79. The number of nitrogens with zero attached hydrogens (tertiary/aromatic N) is 2. The summed E-state index contributed by atoms with van der Waals surface area (Å²) in [7, 11) is 0. The van der Waals surface area contributed by atoms with Crippen molar-refractivity contribution in [1.29, 1.82) is 0 Å². The van der Waals surface area contributed by atoms with Gasteiger partial charge in [0.2, 0.25) is 11.8 Å². The summed E-state index contributed by atoms with van der Waals surface area (Å²) in [4.78, 5) is 62.5. The first-order valence-corrected chi connectivity index (χ1v) is 10.5. The number of hydrogen-bond acceptors (Lipinski definition) is 6. The Balaban J connectivity index is 1.66. The van der Waals surface area contributed by atoms with Gasteiger partial charge >= 0.3 is 6.03 Å². The lowest BCUT2D eigenvalue weighted by atomic mass is 9.95. The standard InChI is InChI=1S/C24H25N5O5/c1-14-6-5-7-17(12-14)29-21(32)18(20(31)27-23(29)34)13-25-28-19(30)15-8-10-16(11-9-15)26-22(33)24(2,3)4/h5-13,18H,1-4H3,(H,26,33)(H,28,30)(H,27,31,34)/b25-13-/t18-/m1/s1. The third-order valence-corrected chi connectivity index (χ3v) is 4.94. The van der Waals surface area contributed by atoms with E-state index in [2.05, 4.69) is 21.2 Å². The van der Waals surface area contributed by atoms with Gasteiger partial charge in [0.25, 0.3) is 11.8 Å². The van der Waals surface area contributed by atoms with E-state index in [0.29, 0.717) is 11.4 Å². The second-order valence-electron chi connectivity index (χ2n) is 8.79. The lowest BCUT2D eigenvalue weighted by Crippen LogP contribution is -2.58. The third-order valence-electron chi connectivity index (χ3n) is 4.94. The van der Waals surface area contributed by atoms with Gasteiger partial charge in [0, 0.05) is 22.9 Å². The van der Waals surface area contributed by atoms with E-state index in [-0.39, 0.29) is 11.5 Å². The Bertz CT molecular complexity index is 1180. The van der Waals surface area contributed by atoms with Crippen molar-refractivity contribution >= 4 is 47.2 Å². The van der Waals surface area contributed by atoms with E-state index < -0.39 is 35.1 Å². The molecular formula is C24H25N5O5. The first-order valence-electron chi connectivity index (χ1n) is 10.5. The summed E-state index contributed by atoms with van der Waals surface area (Å²) < 4.78 is 0. The molecule has 1 aliphatic heterocycles. The summed E-state index contributed by atoms with van der Waals surface area (Å²) >= 11 is 0. The molecule has 6 amide bonds. The van der Waals surface area contributed by atoms with E-state index in [1.165, 1.54) is 12.1 Å². The number of urea groups is 1. The van der Waals surface area contributed by atoms with E-state index in [9.17, 15) is 24.0 Å². The van der Waals surface area contributed by atoms with Crippen LogP contribution in [0.4, 0.5) is 16.2 Å². The number of barbiturate groups is 1. The molecule has 2 aromatic rings. The molecule has 34 heavy (non-hydrogen) atoms. The molecule has 176 valence electrons. The highest BCUT2D eigenvalue weighted by Gasteiger charge is 2.40. The number of hydrazone groups is 1. The molecule has 0 saturated carbocycles. The Labute approximate surface area is 196 Å². The van der Waals surface area contributed by atoms with Crippen LogP contribution >= 0.6 is 0 Å². The maximum absolute atomic E-state index is 12.8. The number of nitrogens with one attached hydrogen (secondary N) is 3. The van der Waals surface area contributed by atoms with Crippen LogP contribution in [0.3, 0.4) is 0 Å². The summed E-state index contributed by atoms with van der Waals surface area (Å²) in [5.74, 6) is -3.76. The summed E-state index contributed by atoms with van der Waals surface area (Å²) in [5.41, 5.74) is 3.62. The SMILES string of the molecule is Cc1cccc(N2C(=O)NC(=O)[C@@H](/C=N\NC(=O)c3ccc(NC(=O)C(C)(C)C)cc3)C2=O)c1. The molecule has 10 nitrogen and oxygen atoms in total. The predicted octanol–water partition coefficient (Wildman–Crippen LogP) is 2.59. The first-order chi connectivity index (χ1) is 16.0. The molecule has 0 unspecified atom stereocenters. The number of rotatable bonds is 5. The van der Waals surface area contributed by atoms with Gasteiger partial charge in [-0.2, -0.15) is 5.10 Å². The van der Waals surface area contributed by atoms with Gasteiger partial charge in [0.1, 0.15) is 0 Å². The fourth-order valence-corrected chi connectivity index (χ4v) is 2.99. The molecule has 1 heterocycles. The maximum atomic E-state index is 12.8. The second kappa shape index (κ2) is 9.65. The van der Waals surface area contributed by atoms with Crippen molar-refractivity contribution in [2.45, 2.75) is 27.7 Å². The van der Waals surface area contributed by atoms with Crippen molar-refractivity contribution in [3.8, 4) is 0 Å². The molecule has 0 aliphatic carbocycles. The van der Waals surface area contributed by atoms with Gasteiger partial charge in [-0.05, 0) is 48.9 Å². The Kier molecular flexibility index (Phi) is 6.90. The minimum absolute atomic E-state index is 0.164. The Morgan fingerprint density at radius 2 is 1.74 bits per heavy atom. The zero-order chi connectivity index (χ0) is 25.0. The fourth-order valence-electron chi connectivity index (χ4n) is 2.99. The van der Waals surface area contributed by atoms with Crippen LogP contribution in [-0.2, 0) is 14.4 Å². The van der Waals surface area contributed by atoms with Crippen LogP contribution in [0, 0.1) is 18.3 Å². The van der Waals surface area contributed by atoms with Crippen LogP contribution in [0.15, 0.2) is 53.6 Å². The van der Waals surface area contributed by atoms with Crippen LogP contribution < -0.4 is 21.0 Å². The Hall–Kier alpha value is -4.34. The van der Waals surface area contributed by atoms with E-state index in [4.69, 9.17) is 0 Å². The molecule has 0 bridgehead atoms. The van der Waals surface area contributed by atoms with Crippen LogP contribution in [0.5, 0.6) is 0 Å². The van der Waals surface area contributed by atoms with Crippen LogP contribution in [-0.4, -0.2) is 35.9 Å². The monoisotopic (exact) mass is 463 g/mol. The average Bonchev–Trinajstić information content (AvgIpc) is 2.75. The van der Waals surface area contributed by atoms with Gasteiger partial charge in [-0.15, -0.1) is 0 Å². The number of imide groups is 2. The van der Waals surface area contributed by atoms with Gasteiger partial charge in [0.05, 0.1) is 5.69 Å². The smallest absolute Gasteiger partial charge is 0.326 e. The van der Waals surface area contributed by atoms with Crippen molar-refractivity contribution in [3.63, 3.8) is 0 Å². The minimum Gasteiger partial charge on any atom is -0.326 e. The van der Waals surface area contributed by atoms with Crippen molar-refractivity contribution in [2.24, 2.45) is 16.4 Å². The molecular weight excluding hydrogens is 438 g/mol. The number of hydrogen-bond donors (Lipinski definition) is 3. The molecule has 1 atom stereocenters. The van der Waals surface area contributed by atoms with E-state index in [1.54, 1.807) is 64.1 Å². The van der Waals surface area contributed by atoms with Gasteiger partial charge in [-0.25, -0.2) is 15.1 Å². The quantitative estimate of drug-likeness (QED) is 0.356. The third kappa shape index (κ3) is 5.52. The molecule has 3 rings (SSSR count).